The highest BCUT2D eigenvalue weighted by Crippen LogP contribution is 2.08. The molecule has 4 heteroatoms. The summed E-state index contributed by atoms with van der Waals surface area (Å²) in [4.78, 5) is 4.84. The van der Waals surface area contributed by atoms with Crippen LogP contribution in [0.25, 0.3) is 0 Å². The molecular weight excluding hydrogens is 152 g/mol. The first-order valence-electron chi connectivity index (χ1n) is 3.86. The first-order chi connectivity index (χ1) is 5.52. The zero-order valence-corrected chi connectivity index (χ0v) is 7.52. The SMILES string of the molecule is C=C1NC(N)=[NH+]C(=C)N1C(C)C. The second-order valence-electron chi connectivity index (χ2n) is 3.02. The maximum atomic E-state index is 5.52. The molecule has 1 rings (SSSR count). The van der Waals surface area contributed by atoms with Crippen molar-refractivity contribution in [2.75, 3.05) is 0 Å². The molecule has 0 saturated carbocycles. The minimum absolute atomic E-state index is 0.318. The van der Waals surface area contributed by atoms with E-state index in [0.29, 0.717) is 12.0 Å². The van der Waals surface area contributed by atoms with Crippen molar-refractivity contribution in [3.05, 3.63) is 24.8 Å². The standard InChI is InChI=1S/C8H14N4/c1-5(2)12-6(3)10-8(9)11-7(12)4/h5H,3-4H2,1-2H3,(H3,9,10,11)/p+1. The van der Waals surface area contributed by atoms with Gasteiger partial charge in [-0.1, -0.05) is 0 Å². The molecule has 0 radical (unpaired) electrons. The van der Waals surface area contributed by atoms with Gasteiger partial charge < -0.3 is 5.73 Å². The maximum absolute atomic E-state index is 5.52. The van der Waals surface area contributed by atoms with Crippen LogP contribution in [0.4, 0.5) is 0 Å². The number of nitrogens with two attached hydrogens (primary N) is 1. The minimum atomic E-state index is 0.318. The smallest absolute Gasteiger partial charge is 0.310 e. The lowest BCUT2D eigenvalue weighted by molar-refractivity contribution is -0.429. The average molecular weight is 167 g/mol. The zero-order valence-electron chi connectivity index (χ0n) is 7.52. The van der Waals surface area contributed by atoms with Crippen molar-refractivity contribution in [3.63, 3.8) is 0 Å². The first kappa shape index (κ1) is 8.64. The van der Waals surface area contributed by atoms with Crippen molar-refractivity contribution in [3.8, 4) is 0 Å². The van der Waals surface area contributed by atoms with Crippen LogP contribution in [-0.2, 0) is 0 Å². The molecular formula is C8H15N4+. The third kappa shape index (κ3) is 1.42. The van der Waals surface area contributed by atoms with Gasteiger partial charge in [-0.2, -0.15) is 0 Å². The summed E-state index contributed by atoms with van der Waals surface area (Å²) >= 11 is 0. The van der Waals surface area contributed by atoms with E-state index in [4.69, 9.17) is 5.73 Å². The topological polar surface area (TPSA) is 55.3 Å². The van der Waals surface area contributed by atoms with Gasteiger partial charge in [-0.05, 0) is 27.0 Å². The Hall–Kier alpha value is -1.45. The van der Waals surface area contributed by atoms with Crippen LogP contribution in [0.3, 0.4) is 0 Å². The van der Waals surface area contributed by atoms with Gasteiger partial charge in [0, 0.05) is 0 Å². The number of hydrogen-bond donors (Lipinski definition) is 3. The van der Waals surface area contributed by atoms with Crippen molar-refractivity contribution in [2.24, 2.45) is 5.73 Å². The fourth-order valence-corrected chi connectivity index (χ4v) is 1.25. The Morgan fingerprint density at radius 1 is 1.50 bits per heavy atom. The molecule has 1 aliphatic rings. The highest BCUT2D eigenvalue weighted by Gasteiger charge is 2.25. The van der Waals surface area contributed by atoms with Crippen LogP contribution >= 0.6 is 0 Å². The lowest BCUT2D eigenvalue weighted by Crippen LogP contribution is -2.83. The molecule has 0 atom stereocenters. The Bertz CT molecular complexity index is 252. The fraction of sp³-hybridized carbons (Fsp3) is 0.375. The third-order valence-electron chi connectivity index (χ3n) is 1.66. The van der Waals surface area contributed by atoms with Crippen molar-refractivity contribution in [2.45, 2.75) is 19.9 Å². The predicted octanol–water partition coefficient (Wildman–Crippen LogP) is -1.36. The Morgan fingerprint density at radius 2 is 2.08 bits per heavy atom. The van der Waals surface area contributed by atoms with Crippen LogP contribution in [0.2, 0.25) is 0 Å². The van der Waals surface area contributed by atoms with Gasteiger partial charge in [0.25, 0.3) is 0 Å². The lowest BCUT2D eigenvalue weighted by Gasteiger charge is -2.28. The first-order valence-corrected chi connectivity index (χ1v) is 3.86. The Kier molecular flexibility index (Phi) is 2.08. The summed E-state index contributed by atoms with van der Waals surface area (Å²) in [5.41, 5.74) is 5.52. The molecule has 0 aliphatic carbocycles. The molecule has 12 heavy (non-hydrogen) atoms. The lowest BCUT2D eigenvalue weighted by atomic mass is 10.3. The average Bonchev–Trinajstić information content (AvgIpc) is 1.82. The fourth-order valence-electron chi connectivity index (χ4n) is 1.25. The van der Waals surface area contributed by atoms with Crippen LogP contribution in [0.15, 0.2) is 24.8 Å². The molecule has 66 valence electrons. The van der Waals surface area contributed by atoms with Gasteiger partial charge >= 0.3 is 5.96 Å². The molecule has 0 aromatic carbocycles. The second-order valence-corrected chi connectivity index (χ2v) is 3.02. The monoisotopic (exact) mass is 167 g/mol. The van der Waals surface area contributed by atoms with E-state index in [2.05, 4.69) is 37.3 Å². The van der Waals surface area contributed by atoms with E-state index in [0.717, 1.165) is 11.6 Å². The highest BCUT2D eigenvalue weighted by molar-refractivity contribution is 5.74. The molecule has 4 nitrogen and oxygen atoms in total. The molecule has 0 aromatic heterocycles. The molecule has 0 bridgehead atoms. The second kappa shape index (κ2) is 2.89. The van der Waals surface area contributed by atoms with Crippen LogP contribution in [0, 0.1) is 0 Å². The van der Waals surface area contributed by atoms with Crippen LogP contribution in [0.5, 0.6) is 0 Å². The summed E-state index contributed by atoms with van der Waals surface area (Å²) in [5, 5.41) is 2.90. The third-order valence-corrected chi connectivity index (χ3v) is 1.66. The van der Waals surface area contributed by atoms with E-state index in [9.17, 15) is 0 Å². The van der Waals surface area contributed by atoms with E-state index < -0.39 is 0 Å². The molecule has 0 saturated heterocycles. The number of nitrogens with one attached hydrogen (secondary N) is 2. The highest BCUT2D eigenvalue weighted by atomic mass is 15.4. The van der Waals surface area contributed by atoms with Gasteiger partial charge in [0.15, 0.2) is 11.6 Å². The van der Waals surface area contributed by atoms with E-state index in [1.165, 1.54) is 0 Å². The van der Waals surface area contributed by atoms with Crippen molar-refractivity contribution in [1.29, 1.82) is 0 Å². The molecule has 0 spiro atoms. The quantitative estimate of drug-likeness (QED) is 0.452. The summed E-state index contributed by atoms with van der Waals surface area (Å²) in [7, 11) is 0. The minimum Gasteiger partial charge on any atom is -0.310 e. The van der Waals surface area contributed by atoms with Gasteiger partial charge in [-0.3, -0.25) is 4.90 Å². The summed E-state index contributed by atoms with van der Waals surface area (Å²) in [6, 6.07) is 0.318. The summed E-state index contributed by atoms with van der Waals surface area (Å²) in [5.74, 6) is 1.99. The Labute approximate surface area is 72.5 Å². The number of guanidine groups is 1. The van der Waals surface area contributed by atoms with Crippen LogP contribution in [-0.4, -0.2) is 16.9 Å². The van der Waals surface area contributed by atoms with Gasteiger partial charge in [0.2, 0.25) is 0 Å². The summed E-state index contributed by atoms with van der Waals surface area (Å²) in [6.07, 6.45) is 0. The summed E-state index contributed by atoms with van der Waals surface area (Å²) < 4.78 is 0. The molecule has 4 N–H and O–H groups in total. The van der Waals surface area contributed by atoms with Crippen molar-refractivity contribution in [1.82, 2.24) is 10.2 Å². The van der Waals surface area contributed by atoms with Crippen LogP contribution in [0.1, 0.15) is 13.8 Å². The van der Waals surface area contributed by atoms with Crippen molar-refractivity contribution >= 4 is 5.96 Å². The van der Waals surface area contributed by atoms with Gasteiger partial charge in [0.05, 0.1) is 6.04 Å². The normalized spacial score (nSPS) is 17.9. The number of hydrogen-bond acceptors (Lipinski definition) is 3. The van der Waals surface area contributed by atoms with Crippen molar-refractivity contribution < 1.29 is 4.99 Å². The summed E-state index contributed by atoms with van der Waals surface area (Å²) in [6.45, 7) is 11.8. The molecule has 0 amide bonds. The molecule has 1 aliphatic heterocycles. The van der Waals surface area contributed by atoms with Gasteiger partial charge in [-0.25, -0.2) is 10.3 Å². The Morgan fingerprint density at radius 3 is 2.50 bits per heavy atom. The van der Waals surface area contributed by atoms with E-state index in [1.54, 1.807) is 0 Å². The number of rotatable bonds is 1. The van der Waals surface area contributed by atoms with Gasteiger partial charge in [-0.15, -0.1) is 0 Å². The number of nitrogens with zero attached hydrogens (tertiary/aromatic N) is 1. The maximum Gasteiger partial charge on any atom is 0.311 e. The molecule has 0 aromatic rings. The molecule has 0 unspecified atom stereocenters. The van der Waals surface area contributed by atoms with Gasteiger partial charge in [0.1, 0.15) is 0 Å². The Balaban J connectivity index is 2.91. The van der Waals surface area contributed by atoms with E-state index in [-0.39, 0.29) is 0 Å². The van der Waals surface area contributed by atoms with E-state index in [1.807, 2.05) is 4.90 Å². The predicted molar refractivity (Wildman–Crippen MR) is 48.5 cm³/mol. The largest absolute Gasteiger partial charge is 0.311 e. The molecule has 0 fully saturated rings. The van der Waals surface area contributed by atoms with Crippen LogP contribution < -0.4 is 16.0 Å². The molecule has 1 heterocycles. The van der Waals surface area contributed by atoms with E-state index >= 15 is 0 Å². The zero-order chi connectivity index (χ0) is 9.30.